The molecule has 3 rings (SSSR count). The van der Waals surface area contributed by atoms with Crippen molar-refractivity contribution in [2.24, 2.45) is 11.8 Å². The maximum Gasteiger partial charge on any atom is 0.249 e. The summed E-state index contributed by atoms with van der Waals surface area (Å²) < 4.78 is 0. The summed E-state index contributed by atoms with van der Waals surface area (Å²) in [6.07, 6.45) is 6.90. The van der Waals surface area contributed by atoms with Crippen LogP contribution in [0.15, 0.2) is 0 Å². The molecule has 1 aliphatic heterocycles. The topological polar surface area (TPSA) is 49.4 Å². The van der Waals surface area contributed by atoms with E-state index in [2.05, 4.69) is 19.2 Å². The number of hydrogen-bond acceptors (Lipinski definition) is 2. The van der Waals surface area contributed by atoms with Gasteiger partial charge < -0.3 is 10.2 Å². The van der Waals surface area contributed by atoms with Gasteiger partial charge in [-0.25, -0.2) is 0 Å². The minimum atomic E-state index is -0.617. The van der Waals surface area contributed by atoms with Crippen LogP contribution in [0.4, 0.5) is 0 Å². The Morgan fingerprint density at radius 1 is 1.29 bits per heavy atom. The first-order valence-corrected chi connectivity index (χ1v) is 8.58. The maximum absolute atomic E-state index is 13.2. The lowest BCUT2D eigenvalue weighted by atomic mass is 9.81. The lowest BCUT2D eigenvalue weighted by Gasteiger charge is -2.51. The van der Waals surface area contributed by atoms with Gasteiger partial charge in [-0.3, -0.25) is 9.59 Å². The molecular formula is C17H28N2O2. The molecule has 1 spiro atoms. The minimum absolute atomic E-state index is 0.0924. The summed E-state index contributed by atoms with van der Waals surface area (Å²) in [4.78, 5) is 28.0. The Morgan fingerprint density at radius 3 is 2.43 bits per heavy atom. The molecule has 3 fully saturated rings. The molecule has 1 saturated heterocycles. The summed E-state index contributed by atoms with van der Waals surface area (Å²) in [5.41, 5.74) is -1.20. The van der Waals surface area contributed by atoms with Gasteiger partial charge in [-0.15, -0.1) is 0 Å². The second-order valence-corrected chi connectivity index (χ2v) is 7.59. The molecule has 4 heteroatoms. The average Bonchev–Trinajstić information content (AvgIpc) is 3.22. The third-order valence-corrected chi connectivity index (χ3v) is 6.05. The van der Waals surface area contributed by atoms with Gasteiger partial charge in [0.25, 0.3) is 0 Å². The highest BCUT2D eigenvalue weighted by molar-refractivity contribution is 6.02. The molecule has 1 N–H and O–H groups in total. The zero-order chi connectivity index (χ0) is 15.3. The third kappa shape index (κ3) is 2.18. The van der Waals surface area contributed by atoms with Gasteiger partial charge in [0.2, 0.25) is 11.8 Å². The van der Waals surface area contributed by atoms with Crippen LogP contribution in [0.1, 0.15) is 65.7 Å². The molecular weight excluding hydrogens is 264 g/mol. The standard InChI is InChI=1S/C17H28N2O2/c1-4-12(2)11-19-15(21)17(9-5-6-10-17)18-14(20)16(19,3)13-7-8-13/h12-13H,4-11H2,1-3H3,(H,18,20). The second-order valence-electron chi connectivity index (χ2n) is 7.59. The van der Waals surface area contributed by atoms with Crippen LogP contribution in [0.2, 0.25) is 0 Å². The summed E-state index contributed by atoms with van der Waals surface area (Å²) in [5.74, 6) is 1.07. The second kappa shape index (κ2) is 4.99. The van der Waals surface area contributed by atoms with Crippen LogP contribution in [0, 0.1) is 11.8 Å². The summed E-state index contributed by atoms with van der Waals surface area (Å²) >= 11 is 0. The maximum atomic E-state index is 13.2. The van der Waals surface area contributed by atoms with Crippen LogP contribution in [0.3, 0.4) is 0 Å². The van der Waals surface area contributed by atoms with Crippen molar-refractivity contribution in [3.63, 3.8) is 0 Å². The van der Waals surface area contributed by atoms with Crippen LogP contribution >= 0.6 is 0 Å². The molecule has 4 nitrogen and oxygen atoms in total. The van der Waals surface area contributed by atoms with E-state index in [4.69, 9.17) is 0 Å². The zero-order valence-corrected chi connectivity index (χ0v) is 13.6. The van der Waals surface area contributed by atoms with Gasteiger partial charge >= 0.3 is 0 Å². The molecule has 2 saturated carbocycles. The fraction of sp³-hybridized carbons (Fsp3) is 0.882. The summed E-state index contributed by atoms with van der Waals surface area (Å²) in [5, 5.41) is 3.14. The van der Waals surface area contributed by atoms with E-state index in [9.17, 15) is 9.59 Å². The van der Waals surface area contributed by atoms with Crippen molar-refractivity contribution >= 4 is 11.8 Å². The Hall–Kier alpha value is -1.06. The summed E-state index contributed by atoms with van der Waals surface area (Å²) in [6.45, 7) is 7.03. The normalized spacial score (nSPS) is 33.4. The van der Waals surface area contributed by atoms with Crippen LogP contribution in [-0.2, 0) is 9.59 Å². The Balaban J connectivity index is 1.94. The van der Waals surface area contributed by atoms with Crippen LogP contribution in [0.25, 0.3) is 0 Å². The Morgan fingerprint density at radius 2 is 1.90 bits per heavy atom. The molecule has 118 valence electrons. The van der Waals surface area contributed by atoms with E-state index < -0.39 is 11.1 Å². The van der Waals surface area contributed by atoms with E-state index in [1.165, 1.54) is 0 Å². The number of nitrogens with zero attached hydrogens (tertiary/aromatic N) is 1. The minimum Gasteiger partial charge on any atom is -0.340 e. The number of carbonyl (C=O) groups is 2. The number of piperazine rings is 1. The Labute approximate surface area is 127 Å². The molecule has 3 aliphatic rings. The smallest absolute Gasteiger partial charge is 0.249 e. The van der Waals surface area contributed by atoms with Gasteiger partial charge in [0.15, 0.2) is 0 Å². The molecule has 2 amide bonds. The first-order valence-electron chi connectivity index (χ1n) is 8.58. The molecule has 0 bridgehead atoms. The first kappa shape index (κ1) is 14.9. The average molecular weight is 292 g/mol. The molecule has 0 aromatic heterocycles. The SMILES string of the molecule is CCC(C)CN1C(=O)C2(CCCC2)NC(=O)C1(C)C1CC1. The van der Waals surface area contributed by atoms with E-state index in [0.717, 1.165) is 51.5 Å². The van der Waals surface area contributed by atoms with Crippen molar-refractivity contribution in [2.75, 3.05) is 6.54 Å². The molecule has 2 unspecified atom stereocenters. The highest BCUT2D eigenvalue weighted by atomic mass is 16.2. The molecule has 1 heterocycles. The zero-order valence-electron chi connectivity index (χ0n) is 13.6. The molecule has 2 aliphatic carbocycles. The predicted octanol–water partition coefficient (Wildman–Crippen LogP) is 2.47. The van der Waals surface area contributed by atoms with Crippen molar-refractivity contribution < 1.29 is 9.59 Å². The molecule has 0 radical (unpaired) electrons. The fourth-order valence-electron chi connectivity index (χ4n) is 4.07. The molecule has 0 aromatic carbocycles. The molecule has 2 atom stereocenters. The van der Waals surface area contributed by atoms with Gasteiger partial charge in [-0.05, 0) is 44.4 Å². The van der Waals surface area contributed by atoms with E-state index >= 15 is 0 Å². The van der Waals surface area contributed by atoms with Crippen molar-refractivity contribution in [2.45, 2.75) is 76.8 Å². The highest BCUT2D eigenvalue weighted by Gasteiger charge is 2.61. The van der Waals surface area contributed by atoms with E-state index in [1.54, 1.807) is 0 Å². The summed E-state index contributed by atoms with van der Waals surface area (Å²) in [6, 6.07) is 0. The van der Waals surface area contributed by atoms with Crippen LogP contribution < -0.4 is 5.32 Å². The highest BCUT2D eigenvalue weighted by Crippen LogP contribution is 2.48. The van der Waals surface area contributed by atoms with Gasteiger partial charge in [0, 0.05) is 6.54 Å². The van der Waals surface area contributed by atoms with E-state index in [-0.39, 0.29) is 11.8 Å². The van der Waals surface area contributed by atoms with Crippen LogP contribution in [0.5, 0.6) is 0 Å². The first-order chi connectivity index (χ1) is 9.94. The number of rotatable bonds is 4. The van der Waals surface area contributed by atoms with Crippen molar-refractivity contribution in [3.8, 4) is 0 Å². The number of amides is 2. The predicted molar refractivity (Wildman–Crippen MR) is 81.6 cm³/mol. The molecule has 0 aromatic rings. The van der Waals surface area contributed by atoms with E-state index in [1.807, 2.05) is 11.8 Å². The Bertz CT molecular complexity index is 452. The molecule has 21 heavy (non-hydrogen) atoms. The van der Waals surface area contributed by atoms with Crippen molar-refractivity contribution in [1.82, 2.24) is 10.2 Å². The van der Waals surface area contributed by atoms with E-state index in [0.29, 0.717) is 11.8 Å². The van der Waals surface area contributed by atoms with Crippen LogP contribution in [-0.4, -0.2) is 34.3 Å². The van der Waals surface area contributed by atoms with Crippen molar-refractivity contribution in [3.05, 3.63) is 0 Å². The van der Waals surface area contributed by atoms with Crippen molar-refractivity contribution in [1.29, 1.82) is 0 Å². The lowest BCUT2D eigenvalue weighted by Crippen LogP contribution is -2.75. The number of nitrogens with one attached hydrogen (secondary N) is 1. The fourth-order valence-corrected chi connectivity index (χ4v) is 4.07. The monoisotopic (exact) mass is 292 g/mol. The third-order valence-electron chi connectivity index (χ3n) is 6.05. The van der Waals surface area contributed by atoms with Gasteiger partial charge in [0.05, 0.1) is 0 Å². The number of hydrogen-bond donors (Lipinski definition) is 1. The Kier molecular flexibility index (Phi) is 3.53. The largest absolute Gasteiger partial charge is 0.340 e. The quantitative estimate of drug-likeness (QED) is 0.865. The lowest BCUT2D eigenvalue weighted by molar-refractivity contribution is -0.164. The van der Waals surface area contributed by atoms with Gasteiger partial charge in [-0.2, -0.15) is 0 Å². The van der Waals surface area contributed by atoms with Gasteiger partial charge in [-0.1, -0.05) is 33.1 Å². The summed E-state index contributed by atoms with van der Waals surface area (Å²) in [7, 11) is 0. The van der Waals surface area contributed by atoms with Gasteiger partial charge in [0.1, 0.15) is 11.1 Å². The number of carbonyl (C=O) groups excluding carboxylic acids is 2.